The molecule has 1 amide bonds. The molecule has 1 saturated heterocycles. The first-order valence-corrected chi connectivity index (χ1v) is 14.3. The van der Waals surface area contributed by atoms with Gasteiger partial charge in [0.2, 0.25) is 0 Å². The van der Waals surface area contributed by atoms with E-state index >= 15 is 0 Å². The molecule has 3 aromatic rings. The van der Waals surface area contributed by atoms with E-state index in [-0.39, 0.29) is 35.6 Å². The number of pyridine rings is 1. The molecule has 1 N–H and O–H groups in total. The number of hydrogen-bond donors (Lipinski definition) is 1. The van der Waals surface area contributed by atoms with Gasteiger partial charge in [-0.15, -0.1) is 0 Å². The minimum absolute atomic E-state index is 0.0459. The SMILES string of the molecule is CO[C@@H]1CCC[C@H](c2nc3nccc(C4CCN(C(=O)c5ccc(S(F)(F)(F)(F)F)cc5)CC4)c3[nH]2)C1. The van der Waals surface area contributed by atoms with Crippen molar-refractivity contribution >= 4 is 27.3 Å². The Balaban J connectivity index is 1.28. The number of methoxy groups -OCH3 is 1. The first-order chi connectivity index (χ1) is 17.3. The Labute approximate surface area is 211 Å². The zero-order valence-electron chi connectivity index (χ0n) is 20.3. The highest BCUT2D eigenvalue weighted by Gasteiger charge is 2.65. The topological polar surface area (TPSA) is 71.1 Å². The van der Waals surface area contributed by atoms with E-state index in [0.29, 0.717) is 31.6 Å². The summed E-state index contributed by atoms with van der Waals surface area (Å²) in [5.74, 6) is 0.877. The molecule has 2 atom stereocenters. The van der Waals surface area contributed by atoms with Crippen LogP contribution in [0.3, 0.4) is 0 Å². The molecule has 1 saturated carbocycles. The highest BCUT2D eigenvalue weighted by atomic mass is 32.5. The zero-order chi connectivity index (χ0) is 26.5. The van der Waals surface area contributed by atoms with E-state index in [1.807, 2.05) is 6.07 Å². The van der Waals surface area contributed by atoms with Gasteiger partial charge in [0.25, 0.3) is 5.91 Å². The molecule has 1 aliphatic carbocycles. The number of benzene rings is 1. The normalized spacial score (nSPS) is 23.6. The fraction of sp³-hybridized carbons (Fsp3) is 0.480. The van der Waals surface area contributed by atoms with Crippen molar-refractivity contribution in [2.45, 2.75) is 61.4 Å². The molecule has 5 rings (SSSR count). The number of amides is 1. The maximum atomic E-state index is 13.0. The summed E-state index contributed by atoms with van der Waals surface area (Å²) in [5.41, 5.74) is 2.59. The van der Waals surface area contributed by atoms with E-state index in [1.54, 1.807) is 18.2 Å². The lowest BCUT2D eigenvalue weighted by Gasteiger charge is -2.40. The van der Waals surface area contributed by atoms with Gasteiger partial charge in [-0.25, -0.2) is 9.97 Å². The molecule has 2 aromatic heterocycles. The first-order valence-electron chi connectivity index (χ1n) is 12.3. The van der Waals surface area contributed by atoms with Crippen LogP contribution >= 0.6 is 10.2 Å². The fourth-order valence-corrected chi connectivity index (χ4v) is 6.17. The van der Waals surface area contributed by atoms with Gasteiger partial charge in [0.1, 0.15) is 10.7 Å². The van der Waals surface area contributed by atoms with Crippen molar-refractivity contribution in [2.75, 3.05) is 20.2 Å². The van der Waals surface area contributed by atoms with Gasteiger partial charge in [0, 0.05) is 37.9 Å². The second-order valence-corrected chi connectivity index (χ2v) is 12.4. The van der Waals surface area contributed by atoms with Crippen molar-refractivity contribution in [2.24, 2.45) is 0 Å². The number of H-pyrrole nitrogens is 1. The lowest BCUT2D eigenvalue weighted by atomic mass is 9.86. The Bertz CT molecular complexity index is 1310. The van der Waals surface area contributed by atoms with Gasteiger partial charge >= 0.3 is 10.2 Å². The molecule has 0 radical (unpaired) electrons. The molecule has 2 fully saturated rings. The van der Waals surface area contributed by atoms with Crippen LogP contribution in [-0.2, 0) is 4.74 Å². The molecule has 1 aromatic carbocycles. The minimum atomic E-state index is -9.77. The summed E-state index contributed by atoms with van der Waals surface area (Å²) in [6, 6.07) is 4.17. The van der Waals surface area contributed by atoms with Crippen LogP contribution in [-0.4, -0.2) is 52.1 Å². The average molecular weight is 545 g/mol. The van der Waals surface area contributed by atoms with E-state index in [2.05, 4.69) is 9.97 Å². The van der Waals surface area contributed by atoms with Crippen LogP contribution in [0.15, 0.2) is 41.4 Å². The minimum Gasteiger partial charge on any atom is -0.381 e. The van der Waals surface area contributed by atoms with Gasteiger partial charge in [-0.05, 0) is 73.9 Å². The predicted molar refractivity (Wildman–Crippen MR) is 132 cm³/mol. The quantitative estimate of drug-likeness (QED) is 0.342. The largest absolute Gasteiger partial charge is 0.381 e. The van der Waals surface area contributed by atoms with Crippen LogP contribution in [0.5, 0.6) is 0 Å². The number of carbonyl (C=O) groups excluding carboxylic acids is 1. The van der Waals surface area contributed by atoms with Gasteiger partial charge in [0.05, 0.1) is 11.6 Å². The number of ether oxygens (including phenoxy) is 1. The third kappa shape index (κ3) is 5.45. The standard InChI is InChI=1S/C25H29F5N4O2S/c1-36-19-4-2-3-18(15-19)23-32-22-21(9-12-31-24(22)33-23)16-10-13-34(14-11-16)25(35)17-5-7-20(8-6-17)37(26,27,28,29)30/h5-9,12,16,18-19H,2-4,10-11,13-15H2,1H3,(H,31,32,33)/t18-,19+/m0/s1. The molecule has 3 heterocycles. The monoisotopic (exact) mass is 544 g/mol. The van der Waals surface area contributed by atoms with Gasteiger partial charge in [-0.3, -0.25) is 4.79 Å². The molecule has 6 nitrogen and oxygen atoms in total. The summed E-state index contributed by atoms with van der Waals surface area (Å²) in [6.45, 7) is 0.797. The Kier molecular flexibility index (Phi) is 6.06. The first kappa shape index (κ1) is 25.9. The summed E-state index contributed by atoms with van der Waals surface area (Å²) in [7, 11) is -8.04. The second kappa shape index (κ2) is 8.65. The molecule has 0 bridgehead atoms. The van der Waals surface area contributed by atoms with E-state index in [1.165, 1.54) is 0 Å². The van der Waals surface area contributed by atoms with Crippen LogP contribution in [0.25, 0.3) is 11.2 Å². The van der Waals surface area contributed by atoms with E-state index in [9.17, 15) is 24.2 Å². The lowest BCUT2D eigenvalue weighted by molar-refractivity contribution is 0.0625. The van der Waals surface area contributed by atoms with E-state index in [0.717, 1.165) is 54.7 Å². The number of aromatic amines is 1. The summed E-state index contributed by atoms with van der Waals surface area (Å²) < 4.78 is 70.4. The summed E-state index contributed by atoms with van der Waals surface area (Å²) in [4.78, 5) is 25.1. The lowest BCUT2D eigenvalue weighted by Crippen LogP contribution is -2.38. The van der Waals surface area contributed by atoms with Crippen molar-refractivity contribution in [3.63, 3.8) is 0 Å². The van der Waals surface area contributed by atoms with E-state index in [4.69, 9.17) is 9.72 Å². The van der Waals surface area contributed by atoms with Gasteiger partial charge in [-0.1, -0.05) is 25.8 Å². The maximum absolute atomic E-state index is 13.0. The van der Waals surface area contributed by atoms with Crippen molar-refractivity contribution in [1.29, 1.82) is 0 Å². The summed E-state index contributed by atoms with van der Waals surface area (Å²) >= 11 is 0. The number of imidazole rings is 1. The fourth-order valence-electron chi connectivity index (χ4n) is 5.52. The molecule has 12 heteroatoms. The number of carbonyl (C=O) groups is 1. The van der Waals surface area contributed by atoms with E-state index < -0.39 is 21.0 Å². The summed E-state index contributed by atoms with van der Waals surface area (Å²) in [6.07, 6.45) is 7.34. The maximum Gasteiger partial charge on any atom is 0.310 e. The molecule has 2 aliphatic rings. The van der Waals surface area contributed by atoms with Crippen molar-refractivity contribution in [3.8, 4) is 0 Å². The molecule has 0 unspecified atom stereocenters. The highest BCUT2D eigenvalue weighted by Crippen LogP contribution is 3.02. The van der Waals surface area contributed by atoms with Crippen LogP contribution in [0, 0.1) is 0 Å². The Hall–Kier alpha value is -2.73. The number of hydrogen-bond acceptors (Lipinski definition) is 4. The van der Waals surface area contributed by atoms with Gasteiger partial charge < -0.3 is 14.6 Å². The Morgan fingerprint density at radius 3 is 2.35 bits per heavy atom. The molecule has 202 valence electrons. The van der Waals surface area contributed by atoms with Crippen molar-refractivity contribution in [1.82, 2.24) is 19.9 Å². The zero-order valence-corrected chi connectivity index (χ0v) is 21.1. The smallest absolute Gasteiger partial charge is 0.310 e. The third-order valence-electron chi connectivity index (χ3n) is 7.56. The molecular formula is C25H29F5N4O2S. The number of halogens is 5. The van der Waals surface area contributed by atoms with Gasteiger partial charge in [-0.2, -0.15) is 0 Å². The number of aromatic nitrogens is 3. The Morgan fingerprint density at radius 1 is 1.00 bits per heavy atom. The van der Waals surface area contributed by atoms with Crippen LogP contribution < -0.4 is 0 Å². The second-order valence-electron chi connectivity index (χ2n) is 10.0. The number of fused-ring (bicyclic) bond motifs is 1. The average Bonchev–Trinajstić information content (AvgIpc) is 3.32. The number of rotatable bonds is 5. The van der Waals surface area contributed by atoms with Crippen molar-refractivity contribution < 1.29 is 29.0 Å². The number of nitrogens with one attached hydrogen (secondary N) is 1. The van der Waals surface area contributed by atoms with Crippen LogP contribution in [0.2, 0.25) is 0 Å². The number of likely N-dealkylation sites (tertiary alicyclic amines) is 1. The predicted octanol–water partition coefficient (Wildman–Crippen LogP) is 7.31. The molecule has 1 aliphatic heterocycles. The third-order valence-corrected chi connectivity index (χ3v) is 8.72. The number of piperidine rings is 1. The molecule has 0 spiro atoms. The molecular weight excluding hydrogens is 515 g/mol. The number of nitrogens with zero attached hydrogens (tertiary/aromatic N) is 3. The van der Waals surface area contributed by atoms with Crippen LogP contribution in [0.1, 0.15) is 72.1 Å². The summed E-state index contributed by atoms with van der Waals surface area (Å²) in [5, 5.41) is 0. The molecule has 37 heavy (non-hydrogen) atoms. The van der Waals surface area contributed by atoms with Crippen LogP contribution in [0.4, 0.5) is 19.4 Å². The highest BCUT2D eigenvalue weighted by molar-refractivity contribution is 8.45. The van der Waals surface area contributed by atoms with Gasteiger partial charge in [0.15, 0.2) is 5.65 Å². The Morgan fingerprint density at radius 2 is 1.70 bits per heavy atom. The van der Waals surface area contributed by atoms with Crippen molar-refractivity contribution in [3.05, 3.63) is 53.5 Å².